The van der Waals surface area contributed by atoms with Gasteiger partial charge in [-0.05, 0) is 38.1 Å². The van der Waals surface area contributed by atoms with Gasteiger partial charge >= 0.3 is 0 Å². The van der Waals surface area contributed by atoms with Crippen LogP contribution in [0.2, 0.25) is 0 Å². The first-order valence-corrected chi connectivity index (χ1v) is 8.17. The Hall–Kier alpha value is -1.59. The van der Waals surface area contributed by atoms with Gasteiger partial charge in [-0.15, -0.1) is 0 Å². The lowest BCUT2D eigenvalue weighted by Gasteiger charge is -2.36. The number of amides is 1. The second-order valence-corrected chi connectivity index (χ2v) is 5.64. The average Bonchev–Trinajstić information content (AvgIpc) is 2.58. The van der Waals surface area contributed by atoms with Crippen molar-refractivity contribution in [3.8, 4) is 5.75 Å². The molecule has 22 heavy (non-hydrogen) atoms. The van der Waals surface area contributed by atoms with Crippen LogP contribution in [0.15, 0.2) is 30.3 Å². The standard InChI is InChI=1S/C17H27N3O2/c1-2-16(22-15-7-4-3-5-8-15)17(21)20-13-11-19(12-14-20)10-6-9-18/h3-5,7-8,16H,2,6,9-14,18H2,1H3. The molecule has 1 aromatic carbocycles. The Balaban J connectivity index is 1.84. The lowest BCUT2D eigenvalue weighted by Crippen LogP contribution is -2.52. The van der Waals surface area contributed by atoms with Gasteiger partial charge in [0.05, 0.1) is 0 Å². The molecule has 1 unspecified atom stereocenters. The molecule has 0 spiro atoms. The van der Waals surface area contributed by atoms with Crippen molar-refractivity contribution in [3.63, 3.8) is 0 Å². The van der Waals surface area contributed by atoms with Gasteiger partial charge in [-0.2, -0.15) is 0 Å². The summed E-state index contributed by atoms with van der Waals surface area (Å²) in [5, 5.41) is 0. The van der Waals surface area contributed by atoms with Gasteiger partial charge in [0.25, 0.3) is 5.91 Å². The Morgan fingerprint density at radius 3 is 2.50 bits per heavy atom. The molecule has 1 heterocycles. The third-order valence-electron chi connectivity index (χ3n) is 4.03. The number of para-hydroxylation sites is 1. The summed E-state index contributed by atoms with van der Waals surface area (Å²) in [4.78, 5) is 16.9. The molecule has 1 saturated heterocycles. The normalized spacial score (nSPS) is 17.3. The van der Waals surface area contributed by atoms with Crippen LogP contribution in [0.1, 0.15) is 19.8 Å². The van der Waals surface area contributed by atoms with Crippen molar-refractivity contribution in [3.05, 3.63) is 30.3 Å². The molecule has 0 bridgehead atoms. The van der Waals surface area contributed by atoms with Gasteiger partial charge in [-0.25, -0.2) is 0 Å². The summed E-state index contributed by atoms with van der Waals surface area (Å²) in [6.45, 7) is 7.14. The summed E-state index contributed by atoms with van der Waals surface area (Å²) < 4.78 is 5.85. The zero-order valence-electron chi connectivity index (χ0n) is 13.4. The molecular weight excluding hydrogens is 278 g/mol. The van der Waals surface area contributed by atoms with Gasteiger partial charge in [0, 0.05) is 26.2 Å². The molecule has 0 aliphatic carbocycles. The fraction of sp³-hybridized carbons (Fsp3) is 0.588. The highest BCUT2D eigenvalue weighted by molar-refractivity contribution is 5.81. The van der Waals surface area contributed by atoms with Gasteiger partial charge in [0.2, 0.25) is 0 Å². The number of benzene rings is 1. The SMILES string of the molecule is CCC(Oc1ccccc1)C(=O)N1CCN(CCCN)CC1. The predicted molar refractivity (Wildman–Crippen MR) is 87.8 cm³/mol. The summed E-state index contributed by atoms with van der Waals surface area (Å²) in [6, 6.07) is 9.56. The molecule has 1 aliphatic rings. The summed E-state index contributed by atoms with van der Waals surface area (Å²) in [7, 11) is 0. The van der Waals surface area contributed by atoms with E-state index in [2.05, 4.69) is 4.90 Å². The molecule has 0 radical (unpaired) electrons. The molecule has 2 N–H and O–H groups in total. The molecule has 1 aliphatic heterocycles. The van der Waals surface area contributed by atoms with E-state index in [9.17, 15) is 4.79 Å². The van der Waals surface area contributed by atoms with Crippen LogP contribution in [0, 0.1) is 0 Å². The number of nitrogens with zero attached hydrogens (tertiary/aromatic N) is 2. The fourth-order valence-corrected chi connectivity index (χ4v) is 2.68. The second kappa shape index (κ2) is 8.76. The van der Waals surface area contributed by atoms with Crippen molar-refractivity contribution in [2.45, 2.75) is 25.9 Å². The van der Waals surface area contributed by atoms with Crippen LogP contribution >= 0.6 is 0 Å². The van der Waals surface area contributed by atoms with Gasteiger partial charge in [0.15, 0.2) is 6.10 Å². The van der Waals surface area contributed by atoms with E-state index >= 15 is 0 Å². The number of nitrogens with two attached hydrogens (primary N) is 1. The van der Waals surface area contributed by atoms with Crippen molar-refractivity contribution in [1.29, 1.82) is 0 Å². The van der Waals surface area contributed by atoms with Crippen LogP contribution in [0.25, 0.3) is 0 Å². The van der Waals surface area contributed by atoms with Gasteiger partial charge in [0.1, 0.15) is 5.75 Å². The average molecular weight is 305 g/mol. The number of hydrogen-bond acceptors (Lipinski definition) is 4. The monoisotopic (exact) mass is 305 g/mol. The first-order valence-electron chi connectivity index (χ1n) is 8.17. The molecule has 2 rings (SSSR count). The van der Waals surface area contributed by atoms with Crippen LogP contribution in [-0.2, 0) is 4.79 Å². The lowest BCUT2D eigenvalue weighted by atomic mass is 10.2. The van der Waals surface area contributed by atoms with Crippen LogP contribution < -0.4 is 10.5 Å². The van der Waals surface area contributed by atoms with Gasteiger partial charge < -0.3 is 15.4 Å². The van der Waals surface area contributed by atoms with Crippen LogP contribution in [0.4, 0.5) is 0 Å². The van der Waals surface area contributed by atoms with Gasteiger partial charge in [-0.3, -0.25) is 9.69 Å². The molecule has 1 amide bonds. The number of ether oxygens (including phenoxy) is 1. The third kappa shape index (κ3) is 4.71. The molecule has 0 aromatic heterocycles. The number of carbonyl (C=O) groups excluding carboxylic acids is 1. The Bertz CT molecular complexity index is 444. The third-order valence-corrected chi connectivity index (χ3v) is 4.03. The molecule has 1 aromatic rings. The van der Waals surface area contributed by atoms with E-state index in [4.69, 9.17) is 10.5 Å². The van der Waals surface area contributed by atoms with E-state index in [-0.39, 0.29) is 5.91 Å². The largest absolute Gasteiger partial charge is 0.481 e. The smallest absolute Gasteiger partial charge is 0.263 e. The molecule has 0 saturated carbocycles. The highest BCUT2D eigenvalue weighted by Gasteiger charge is 2.27. The van der Waals surface area contributed by atoms with E-state index in [1.54, 1.807) is 0 Å². The highest BCUT2D eigenvalue weighted by Crippen LogP contribution is 2.15. The van der Waals surface area contributed by atoms with Gasteiger partial charge in [-0.1, -0.05) is 25.1 Å². The Morgan fingerprint density at radius 1 is 1.23 bits per heavy atom. The van der Waals surface area contributed by atoms with Crippen molar-refractivity contribution in [2.75, 3.05) is 39.3 Å². The van der Waals surface area contributed by atoms with Crippen molar-refractivity contribution >= 4 is 5.91 Å². The van der Waals surface area contributed by atoms with Crippen molar-refractivity contribution in [2.24, 2.45) is 5.73 Å². The molecule has 5 nitrogen and oxygen atoms in total. The second-order valence-electron chi connectivity index (χ2n) is 5.64. The minimum absolute atomic E-state index is 0.102. The van der Waals surface area contributed by atoms with E-state index in [0.717, 1.165) is 51.4 Å². The van der Waals surface area contributed by atoms with Crippen LogP contribution in [0.3, 0.4) is 0 Å². The summed E-state index contributed by atoms with van der Waals surface area (Å²) in [6.07, 6.45) is 1.31. The summed E-state index contributed by atoms with van der Waals surface area (Å²) >= 11 is 0. The maximum absolute atomic E-state index is 12.6. The number of carbonyl (C=O) groups is 1. The van der Waals surface area contributed by atoms with E-state index in [0.29, 0.717) is 6.42 Å². The van der Waals surface area contributed by atoms with E-state index < -0.39 is 6.10 Å². The maximum Gasteiger partial charge on any atom is 0.263 e. The molecular formula is C17H27N3O2. The lowest BCUT2D eigenvalue weighted by molar-refractivity contribution is -0.140. The van der Waals surface area contributed by atoms with E-state index in [1.165, 1.54) is 0 Å². The first kappa shape index (κ1) is 16.8. The summed E-state index contributed by atoms with van der Waals surface area (Å²) in [5.74, 6) is 0.856. The molecule has 5 heteroatoms. The topological polar surface area (TPSA) is 58.8 Å². The number of rotatable bonds is 7. The zero-order chi connectivity index (χ0) is 15.8. The Morgan fingerprint density at radius 2 is 1.91 bits per heavy atom. The van der Waals surface area contributed by atoms with Crippen LogP contribution in [0.5, 0.6) is 5.75 Å². The van der Waals surface area contributed by atoms with Crippen molar-refractivity contribution < 1.29 is 9.53 Å². The minimum atomic E-state index is -0.391. The molecule has 1 fully saturated rings. The summed E-state index contributed by atoms with van der Waals surface area (Å²) in [5.41, 5.74) is 5.54. The van der Waals surface area contributed by atoms with E-state index in [1.807, 2.05) is 42.2 Å². The quantitative estimate of drug-likeness (QED) is 0.826. The maximum atomic E-state index is 12.6. The first-order chi connectivity index (χ1) is 10.7. The van der Waals surface area contributed by atoms with Crippen molar-refractivity contribution in [1.82, 2.24) is 9.80 Å². The molecule has 122 valence electrons. The minimum Gasteiger partial charge on any atom is -0.481 e. The molecule has 1 atom stereocenters. The Labute approximate surface area is 133 Å². The van der Waals surface area contributed by atoms with Crippen LogP contribution in [-0.4, -0.2) is 61.1 Å². The predicted octanol–water partition coefficient (Wildman–Crippen LogP) is 1.34. The highest BCUT2D eigenvalue weighted by atomic mass is 16.5. The Kier molecular flexibility index (Phi) is 6.68. The number of hydrogen-bond donors (Lipinski definition) is 1. The number of piperazine rings is 1. The fourth-order valence-electron chi connectivity index (χ4n) is 2.68. The zero-order valence-corrected chi connectivity index (χ0v) is 13.4.